The average molecular weight is 248 g/mol. The highest BCUT2D eigenvalue weighted by Gasteiger charge is 2.19. The van der Waals surface area contributed by atoms with Gasteiger partial charge in [0, 0.05) is 12.1 Å². The van der Waals surface area contributed by atoms with Crippen LogP contribution in [-0.4, -0.2) is 24.4 Å². The number of ether oxygens (including phenoxy) is 1. The maximum absolute atomic E-state index is 9.32. The summed E-state index contributed by atoms with van der Waals surface area (Å²) in [5.74, 6) is 0.582. The molecular formula is C14H20N2O2. The highest BCUT2D eigenvalue weighted by molar-refractivity contribution is 5.45. The number of nitrogens with one attached hydrogen (secondary N) is 1. The highest BCUT2D eigenvalue weighted by atomic mass is 16.5. The Morgan fingerprint density at radius 3 is 2.72 bits per heavy atom. The van der Waals surface area contributed by atoms with Gasteiger partial charge in [-0.25, -0.2) is 0 Å². The van der Waals surface area contributed by atoms with Crippen LogP contribution in [0.1, 0.15) is 31.4 Å². The van der Waals surface area contributed by atoms with Gasteiger partial charge >= 0.3 is 0 Å². The van der Waals surface area contributed by atoms with Crippen LogP contribution in [0.25, 0.3) is 0 Å². The van der Waals surface area contributed by atoms with E-state index in [0.29, 0.717) is 17.9 Å². The third-order valence-electron chi connectivity index (χ3n) is 3.23. The minimum atomic E-state index is -0.277. The van der Waals surface area contributed by atoms with Crippen molar-refractivity contribution in [2.45, 2.75) is 32.4 Å². The quantitative estimate of drug-likeness (QED) is 0.806. The number of methoxy groups -OCH3 is 1. The SMILES string of the molecule is CCC(C)(CO)NCc1ccc(C#N)c(OC)c1. The molecule has 0 spiro atoms. The predicted molar refractivity (Wildman–Crippen MR) is 70.3 cm³/mol. The molecule has 0 bridgehead atoms. The van der Waals surface area contributed by atoms with Crippen molar-refractivity contribution in [2.24, 2.45) is 0 Å². The van der Waals surface area contributed by atoms with E-state index in [2.05, 4.69) is 11.4 Å². The number of rotatable bonds is 6. The summed E-state index contributed by atoms with van der Waals surface area (Å²) >= 11 is 0. The standard InChI is InChI=1S/C14H20N2O2/c1-4-14(2,10-17)16-9-11-5-6-12(8-15)13(7-11)18-3/h5-7,16-17H,4,9-10H2,1-3H3. The molecule has 1 atom stereocenters. The van der Waals surface area contributed by atoms with E-state index in [9.17, 15) is 5.11 Å². The number of benzene rings is 1. The second-order valence-corrected chi connectivity index (χ2v) is 4.57. The highest BCUT2D eigenvalue weighted by Crippen LogP contribution is 2.20. The third kappa shape index (κ3) is 3.46. The van der Waals surface area contributed by atoms with Gasteiger partial charge in [-0.3, -0.25) is 0 Å². The monoisotopic (exact) mass is 248 g/mol. The van der Waals surface area contributed by atoms with Crippen molar-refractivity contribution in [3.05, 3.63) is 29.3 Å². The fraction of sp³-hybridized carbons (Fsp3) is 0.500. The maximum atomic E-state index is 9.32. The molecule has 1 unspecified atom stereocenters. The summed E-state index contributed by atoms with van der Waals surface area (Å²) in [4.78, 5) is 0. The molecule has 0 aliphatic rings. The Kier molecular flexibility index (Phi) is 5.14. The van der Waals surface area contributed by atoms with Crippen LogP contribution in [-0.2, 0) is 6.54 Å². The number of nitriles is 1. The zero-order chi connectivity index (χ0) is 13.6. The Bertz CT molecular complexity index is 434. The van der Waals surface area contributed by atoms with Crippen molar-refractivity contribution in [1.82, 2.24) is 5.32 Å². The number of aliphatic hydroxyl groups excluding tert-OH is 1. The van der Waals surface area contributed by atoms with Crippen LogP contribution in [0.3, 0.4) is 0 Å². The van der Waals surface area contributed by atoms with Crippen LogP contribution in [0.15, 0.2) is 18.2 Å². The molecule has 0 aromatic heterocycles. The van der Waals surface area contributed by atoms with Gasteiger partial charge in [0.1, 0.15) is 11.8 Å². The lowest BCUT2D eigenvalue weighted by molar-refractivity contribution is 0.169. The van der Waals surface area contributed by atoms with E-state index in [1.54, 1.807) is 13.2 Å². The van der Waals surface area contributed by atoms with E-state index >= 15 is 0 Å². The van der Waals surface area contributed by atoms with Gasteiger partial charge in [-0.15, -0.1) is 0 Å². The minimum Gasteiger partial charge on any atom is -0.495 e. The Hall–Kier alpha value is -1.57. The minimum absolute atomic E-state index is 0.0942. The summed E-state index contributed by atoms with van der Waals surface area (Å²) in [5.41, 5.74) is 1.28. The second kappa shape index (κ2) is 6.39. The smallest absolute Gasteiger partial charge is 0.136 e. The average Bonchev–Trinajstić information content (AvgIpc) is 2.44. The third-order valence-corrected chi connectivity index (χ3v) is 3.23. The van der Waals surface area contributed by atoms with Gasteiger partial charge in [0.25, 0.3) is 0 Å². The van der Waals surface area contributed by atoms with Crippen molar-refractivity contribution in [3.8, 4) is 11.8 Å². The number of hydrogen-bond acceptors (Lipinski definition) is 4. The van der Waals surface area contributed by atoms with Gasteiger partial charge < -0.3 is 15.2 Å². The molecule has 0 radical (unpaired) electrons. The molecule has 1 aromatic carbocycles. The molecule has 4 heteroatoms. The van der Waals surface area contributed by atoms with E-state index in [1.807, 2.05) is 26.0 Å². The molecule has 4 nitrogen and oxygen atoms in total. The summed E-state index contributed by atoms with van der Waals surface area (Å²) < 4.78 is 5.16. The molecule has 0 amide bonds. The fourth-order valence-electron chi connectivity index (χ4n) is 1.55. The predicted octanol–water partition coefficient (Wildman–Crippen LogP) is 1.82. The van der Waals surface area contributed by atoms with Crippen LogP contribution in [0.5, 0.6) is 5.75 Å². The van der Waals surface area contributed by atoms with Crippen molar-refractivity contribution in [2.75, 3.05) is 13.7 Å². The van der Waals surface area contributed by atoms with E-state index < -0.39 is 0 Å². The van der Waals surface area contributed by atoms with Crippen LogP contribution < -0.4 is 10.1 Å². The Labute approximate surface area is 108 Å². The van der Waals surface area contributed by atoms with Gasteiger partial charge in [-0.1, -0.05) is 13.0 Å². The lowest BCUT2D eigenvalue weighted by atomic mass is 9.99. The van der Waals surface area contributed by atoms with Crippen molar-refractivity contribution >= 4 is 0 Å². The van der Waals surface area contributed by atoms with Gasteiger partial charge in [0.05, 0.1) is 19.3 Å². The molecule has 0 fully saturated rings. The lowest BCUT2D eigenvalue weighted by Crippen LogP contribution is -2.44. The maximum Gasteiger partial charge on any atom is 0.136 e. The van der Waals surface area contributed by atoms with Crippen LogP contribution in [0.4, 0.5) is 0 Å². The van der Waals surface area contributed by atoms with E-state index in [-0.39, 0.29) is 12.1 Å². The van der Waals surface area contributed by atoms with Crippen molar-refractivity contribution in [1.29, 1.82) is 5.26 Å². The molecule has 0 heterocycles. The molecule has 1 aromatic rings. The topological polar surface area (TPSA) is 65.3 Å². The molecular weight excluding hydrogens is 228 g/mol. The first-order valence-electron chi connectivity index (χ1n) is 6.01. The van der Waals surface area contributed by atoms with Crippen LogP contribution >= 0.6 is 0 Å². The van der Waals surface area contributed by atoms with Gasteiger partial charge in [0.15, 0.2) is 0 Å². The first-order chi connectivity index (χ1) is 8.58. The van der Waals surface area contributed by atoms with Crippen molar-refractivity contribution in [3.63, 3.8) is 0 Å². The molecule has 0 saturated heterocycles. The molecule has 98 valence electrons. The molecule has 0 aliphatic heterocycles. The Balaban J connectivity index is 2.78. The molecule has 1 rings (SSSR count). The van der Waals surface area contributed by atoms with Gasteiger partial charge in [-0.05, 0) is 31.0 Å². The molecule has 0 saturated carbocycles. The van der Waals surface area contributed by atoms with Gasteiger partial charge in [-0.2, -0.15) is 5.26 Å². The zero-order valence-electron chi connectivity index (χ0n) is 11.2. The van der Waals surface area contributed by atoms with E-state index in [0.717, 1.165) is 12.0 Å². The summed E-state index contributed by atoms with van der Waals surface area (Å²) in [6.45, 7) is 4.74. The van der Waals surface area contributed by atoms with Crippen molar-refractivity contribution < 1.29 is 9.84 Å². The summed E-state index contributed by atoms with van der Waals surface area (Å²) in [7, 11) is 1.55. The van der Waals surface area contributed by atoms with Gasteiger partial charge in [0.2, 0.25) is 0 Å². The largest absolute Gasteiger partial charge is 0.495 e. The normalized spacial score (nSPS) is 13.7. The van der Waals surface area contributed by atoms with Crippen LogP contribution in [0, 0.1) is 11.3 Å². The summed E-state index contributed by atoms with van der Waals surface area (Å²) in [6, 6.07) is 7.57. The first kappa shape index (κ1) is 14.5. The number of hydrogen-bond donors (Lipinski definition) is 2. The van der Waals surface area contributed by atoms with E-state index in [1.165, 1.54) is 0 Å². The lowest BCUT2D eigenvalue weighted by Gasteiger charge is -2.27. The zero-order valence-corrected chi connectivity index (χ0v) is 11.2. The molecule has 2 N–H and O–H groups in total. The molecule has 0 aliphatic carbocycles. The summed E-state index contributed by atoms with van der Waals surface area (Å²) in [5, 5.41) is 21.5. The first-order valence-corrected chi connectivity index (χ1v) is 6.01. The molecule has 18 heavy (non-hydrogen) atoms. The summed E-state index contributed by atoms with van der Waals surface area (Å²) in [6.07, 6.45) is 0.844. The van der Waals surface area contributed by atoms with Crippen LogP contribution in [0.2, 0.25) is 0 Å². The second-order valence-electron chi connectivity index (χ2n) is 4.57. The fourth-order valence-corrected chi connectivity index (χ4v) is 1.55. The number of aliphatic hydroxyl groups is 1. The Morgan fingerprint density at radius 1 is 1.50 bits per heavy atom. The Morgan fingerprint density at radius 2 is 2.22 bits per heavy atom. The number of nitrogens with zero attached hydrogens (tertiary/aromatic N) is 1. The van der Waals surface area contributed by atoms with E-state index in [4.69, 9.17) is 10.00 Å².